The molecule has 0 amide bonds. The number of esters is 1. The van der Waals surface area contributed by atoms with Gasteiger partial charge in [-0.25, -0.2) is 4.79 Å². The lowest BCUT2D eigenvalue weighted by atomic mass is 10.2. The molecule has 1 aromatic carbocycles. The van der Waals surface area contributed by atoms with Gasteiger partial charge < -0.3 is 15.2 Å². The molecule has 0 atom stereocenters. The zero-order valence-corrected chi connectivity index (χ0v) is 10.7. The van der Waals surface area contributed by atoms with Crippen LogP contribution in [0.15, 0.2) is 18.2 Å². The van der Waals surface area contributed by atoms with Gasteiger partial charge in [-0.3, -0.25) is 0 Å². The van der Waals surface area contributed by atoms with Crippen LogP contribution in [0, 0.1) is 0 Å². The van der Waals surface area contributed by atoms with Crippen LogP contribution in [0.2, 0.25) is 5.02 Å². The lowest BCUT2D eigenvalue weighted by Crippen LogP contribution is -2.13. The number of nitrogens with two attached hydrogens (primary N) is 1. The Balaban J connectivity index is 2.44. The third-order valence-electron chi connectivity index (χ3n) is 2.00. The first-order valence-electron chi connectivity index (χ1n) is 5.34. The molecule has 0 saturated heterocycles. The highest BCUT2D eigenvalue weighted by Crippen LogP contribution is 2.19. The molecule has 0 unspecified atom stereocenters. The molecule has 0 aliphatic rings. The summed E-state index contributed by atoms with van der Waals surface area (Å²) in [5.41, 5.74) is 6.36. The van der Waals surface area contributed by atoms with Crippen molar-refractivity contribution in [3.05, 3.63) is 28.8 Å². The Morgan fingerprint density at radius 1 is 1.41 bits per heavy atom. The van der Waals surface area contributed by atoms with E-state index in [4.69, 9.17) is 26.8 Å². The summed E-state index contributed by atoms with van der Waals surface area (Å²) >= 11 is 5.80. The topological polar surface area (TPSA) is 61.5 Å². The monoisotopic (exact) mass is 257 g/mol. The summed E-state index contributed by atoms with van der Waals surface area (Å²) in [6.45, 7) is 4.44. The molecule has 0 heterocycles. The molecule has 0 aliphatic heterocycles. The number of carbonyl (C=O) groups excluding carboxylic acids is 1. The molecule has 17 heavy (non-hydrogen) atoms. The third kappa shape index (κ3) is 4.63. The van der Waals surface area contributed by atoms with Crippen LogP contribution in [-0.2, 0) is 9.47 Å². The van der Waals surface area contributed by atoms with Gasteiger partial charge >= 0.3 is 5.97 Å². The Morgan fingerprint density at radius 3 is 2.71 bits per heavy atom. The lowest BCUT2D eigenvalue weighted by molar-refractivity contribution is 0.0177. The molecule has 0 aromatic heterocycles. The standard InChI is InChI=1S/C12H16ClNO3/c1-8(2)16-5-6-17-12(15)9-3-4-11(14)10(13)7-9/h3-4,7-8H,5-6,14H2,1-2H3. The van der Waals surface area contributed by atoms with Crippen molar-refractivity contribution in [2.75, 3.05) is 18.9 Å². The fraction of sp³-hybridized carbons (Fsp3) is 0.417. The molecule has 1 aromatic rings. The summed E-state index contributed by atoms with van der Waals surface area (Å²) in [6.07, 6.45) is 0.125. The molecule has 0 fully saturated rings. The fourth-order valence-electron chi connectivity index (χ4n) is 1.16. The van der Waals surface area contributed by atoms with E-state index in [1.54, 1.807) is 12.1 Å². The zero-order chi connectivity index (χ0) is 12.8. The van der Waals surface area contributed by atoms with Gasteiger partial charge in [-0.1, -0.05) is 11.6 Å². The third-order valence-corrected chi connectivity index (χ3v) is 2.33. The van der Waals surface area contributed by atoms with E-state index < -0.39 is 5.97 Å². The maximum Gasteiger partial charge on any atom is 0.338 e. The van der Waals surface area contributed by atoms with Gasteiger partial charge in [0.1, 0.15) is 6.61 Å². The molecule has 0 spiro atoms. The summed E-state index contributed by atoms with van der Waals surface area (Å²) in [7, 11) is 0. The second-order valence-corrected chi connectivity index (χ2v) is 4.20. The Morgan fingerprint density at radius 2 is 2.12 bits per heavy atom. The molecule has 0 bridgehead atoms. The number of halogens is 1. The van der Waals surface area contributed by atoms with Gasteiger partial charge in [0, 0.05) is 0 Å². The second kappa shape index (κ2) is 6.47. The highest BCUT2D eigenvalue weighted by Gasteiger charge is 2.08. The van der Waals surface area contributed by atoms with Crippen molar-refractivity contribution >= 4 is 23.3 Å². The molecule has 0 radical (unpaired) electrons. The normalized spacial score (nSPS) is 10.6. The van der Waals surface area contributed by atoms with Crippen molar-refractivity contribution < 1.29 is 14.3 Å². The minimum Gasteiger partial charge on any atom is -0.460 e. The van der Waals surface area contributed by atoms with Gasteiger partial charge in [0.2, 0.25) is 0 Å². The largest absolute Gasteiger partial charge is 0.460 e. The van der Waals surface area contributed by atoms with Crippen molar-refractivity contribution in [3.8, 4) is 0 Å². The van der Waals surface area contributed by atoms with Crippen LogP contribution in [0.25, 0.3) is 0 Å². The number of rotatable bonds is 5. The van der Waals surface area contributed by atoms with Crippen LogP contribution in [0.3, 0.4) is 0 Å². The molecule has 4 nitrogen and oxygen atoms in total. The second-order valence-electron chi connectivity index (χ2n) is 3.79. The van der Waals surface area contributed by atoms with Crippen LogP contribution >= 0.6 is 11.6 Å². The molecule has 2 N–H and O–H groups in total. The van der Waals surface area contributed by atoms with Crippen molar-refractivity contribution in [1.29, 1.82) is 0 Å². The zero-order valence-electron chi connectivity index (χ0n) is 9.90. The van der Waals surface area contributed by atoms with Crippen LogP contribution < -0.4 is 5.73 Å². The smallest absolute Gasteiger partial charge is 0.338 e. The maximum atomic E-state index is 11.6. The molecular formula is C12H16ClNO3. The Bertz CT molecular complexity index is 393. The van der Waals surface area contributed by atoms with Crippen LogP contribution in [0.4, 0.5) is 5.69 Å². The fourth-order valence-corrected chi connectivity index (χ4v) is 1.34. The van der Waals surface area contributed by atoms with Crippen LogP contribution in [-0.4, -0.2) is 25.3 Å². The van der Waals surface area contributed by atoms with Gasteiger partial charge in [0.05, 0.1) is 29.0 Å². The van der Waals surface area contributed by atoms with Gasteiger partial charge in [-0.15, -0.1) is 0 Å². The summed E-state index contributed by atoms with van der Waals surface area (Å²) in [5.74, 6) is -0.431. The maximum absolute atomic E-state index is 11.6. The summed E-state index contributed by atoms with van der Waals surface area (Å²) in [6, 6.07) is 4.64. The van der Waals surface area contributed by atoms with E-state index in [1.807, 2.05) is 13.8 Å². The van der Waals surface area contributed by atoms with E-state index in [9.17, 15) is 4.79 Å². The number of ether oxygens (including phenoxy) is 2. The SMILES string of the molecule is CC(C)OCCOC(=O)c1ccc(N)c(Cl)c1. The first-order valence-corrected chi connectivity index (χ1v) is 5.72. The summed E-state index contributed by atoms with van der Waals surface area (Å²) in [5, 5.41) is 0.345. The van der Waals surface area contributed by atoms with E-state index in [2.05, 4.69) is 0 Å². The molecular weight excluding hydrogens is 242 g/mol. The summed E-state index contributed by atoms with van der Waals surface area (Å²) < 4.78 is 10.3. The van der Waals surface area contributed by atoms with Crippen molar-refractivity contribution in [3.63, 3.8) is 0 Å². The van der Waals surface area contributed by atoms with Gasteiger partial charge in [0.25, 0.3) is 0 Å². The lowest BCUT2D eigenvalue weighted by Gasteiger charge is -2.08. The highest BCUT2D eigenvalue weighted by molar-refractivity contribution is 6.33. The van der Waals surface area contributed by atoms with Crippen molar-refractivity contribution in [1.82, 2.24) is 0 Å². The minimum absolute atomic E-state index is 0.125. The molecule has 5 heteroatoms. The Labute approximate surface area is 106 Å². The number of carbonyl (C=O) groups is 1. The quantitative estimate of drug-likeness (QED) is 0.500. The molecule has 1 rings (SSSR count). The van der Waals surface area contributed by atoms with Gasteiger partial charge in [-0.05, 0) is 32.0 Å². The molecule has 94 valence electrons. The summed E-state index contributed by atoms with van der Waals surface area (Å²) in [4.78, 5) is 11.6. The number of hydrogen-bond donors (Lipinski definition) is 1. The average Bonchev–Trinajstić information content (AvgIpc) is 2.27. The van der Waals surface area contributed by atoms with E-state index in [0.29, 0.717) is 22.9 Å². The van der Waals surface area contributed by atoms with Gasteiger partial charge in [0.15, 0.2) is 0 Å². The van der Waals surface area contributed by atoms with Crippen LogP contribution in [0.5, 0.6) is 0 Å². The van der Waals surface area contributed by atoms with Crippen molar-refractivity contribution in [2.24, 2.45) is 0 Å². The minimum atomic E-state index is -0.431. The van der Waals surface area contributed by atoms with Crippen molar-refractivity contribution in [2.45, 2.75) is 20.0 Å². The first-order chi connectivity index (χ1) is 8.00. The van der Waals surface area contributed by atoms with E-state index in [1.165, 1.54) is 6.07 Å². The predicted octanol–water partition coefficient (Wildman–Crippen LogP) is 2.50. The molecule has 0 aliphatic carbocycles. The predicted molar refractivity (Wildman–Crippen MR) is 67.2 cm³/mol. The highest BCUT2D eigenvalue weighted by atomic mass is 35.5. The van der Waals surface area contributed by atoms with Crippen LogP contribution in [0.1, 0.15) is 24.2 Å². The number of benzene rings is 1. The first kappa shape index (κ1) is 13.8. The van der Waals surface area contributed by atoms with E-state index >= 15 is 0 Å². The number of nitrogen functional groups attached to an aromatic ring is 1. The number of hydrogen-bond acceptors (Lipinski definition) is 4. The average molecular weight is 258 g/mol. The Hall–Kier alpha value is -1.26. The van der Waals surface area contributed by atoms with E-state index in [-0.39, 0.29) is 12.7 Å². The van der Waals surface area contributed by atoms with Gasteiger partial charge in [-0.2, -0.15) is 0 Å². The van der Waals surface area contributed by atoms with E-state index in [0.717, 1.165) is 0 Å². The number of anilines is 1. The Kier molecular flexibility index (Phi) is 5.25. The molecule has 0 saturated carbocycles.